The topological polar surface area (TPSA) is 29.3 Å². The molecule has 0 amide bonds. The molecule has 2 fully saturated rings. The van der Waals surface area contributed by atoms with Gasteiger partial charge in [0.2, 0.25) is 0 Å². The minimum Gasteiger partial charge on any atom is -0.325 e. The van der Waals surface area contributed by atoms with E-state index in [9.17, 15) is 0 Å². The summed E-state index contributed by atoms with van der Waals surface area (Å²) in [4.78, 5) is 2.58. The van der Waals surface area contributed by atoms with Gasteiger partial charge < -0.3 is 10.6 Å². The van der Waals surface area contributed by atoms with Crippen molar-refractivity contribution in [2.24, 2.45) is 11.7 Å². The van der Waals surface area contributed by atoms with E-state index in [1.54, 1.807) is 0 Å². The van der Waals surface area contributed by atoms with E-state index >= 15 is 0 Å². The van der Waals surface area contributed by atoms with Crippen molar-refractivity contribution in [2.75, 3.05) is 19.6 Å². The molecular weight excluding hydrogens is 208 g/mol. The maximum atomic E-state index is 6.52. The summed E-state index contributed by atoms with van der Waals surface area (Å²) in [6.07, 6.45) is 12.2. The number of nitrogens with two attached hydrogens (primary N) is 1. The van der Waals surface area contributed by atoms with Crippen LogP contribution in [-0.2, 0) is 0 Å². The molecule has 1 aliphatic heterocycles. The molecule has 2 rings (SSSR count). The largest absolute Gasteiger partial charge is 0.325 e. The van der Waals surface area contributed by atoms with Crippen LogP contribution in [0.25, 0.3) is 0 Å². The van der Waals surface area contributed by atoms with Crippen LogP contribution in [0.2, 0.25) is 0 Å². The summed E-state index contributed by atoms with van der Waals surface area (Å²) in [6, 6.07) is 0. The van der Waals surface area contributed by atoms with Crippen molar-refractivity contribution >= 4 is 0 Å². The zero-order valence-electron chi connectivity index (χ0n) is 11.6. The van der Waals surface area contributed by atoms with Gasteiger partial charge in [-0.2, -0.15) is 0 Å². The Hall–Kier alpha value is -0.0800. The standard InChI is InChI=1S/C15H30N2/c1-2-17-12-7-14(8-13-17)6-11-15(16)9-4-3-5-10-15/h14H,2-13,16H2,1H3. The third kappa shape index (κ3) is 3.96. The summed E-state index contributed by atoms with van der Waals surface area (Å²) < 4.78 is 0. The van der Waals surface area contributed by atoms with Crippen molar-refractivity contribution in [1.82, 2.24) is 4.90 Å². The van der Waals surface area contributed by atoms with Crippen molar-refractivity contribution < 1.29 is 0 Å². The molecule has 1 saturated carbocycles. The highest BCUT2D eigenvalue weighted by atomic mass is 15.1. The molecule has 2 aliphatic rings. The lowest BCUT2D eigenvalue weighted by molar-refractivity contribution is 0.170. The second-order valence-electron chi connectivity index (χ2n) is 6.34. The summed E-state index contributed by atoms with van der Waals surface area (Å²) in [7, 11) is 0. The number of piperidine rings is 1. The molecule has 0 radical (unpaired) electrons. The molecular formula is C15H30N2. The van der Waals surface area contributed by atoms with Gasteiger partial charge in [0.1, 0.15) is 0 Å². The van der Waals surface area contributed by atoms with Crippen LogP contribution in [0.5, 0.6) is 0 Å². The van der Waals surface area contributed by atoms with E-state index in [2.05, 4.69) is 11.8 Å². The van der Waals surface area contributed by atoms with E-state index in [1.807, 2.05) is 0 Å². The Morgan fingerprint density at radius 2 is 1.76 bits per heavy atom. The number of nitrogens with zero attached hydrogens (tertiary/aromatic N) is 1. The Bertz CT molecular complexity index is 213. The van der Waals surface area contributed by atoms with E-state index in [4.69, 9.17) is 5.73 Å². The Labute approximate surface area is 107 Å². The molecule has 2 N–H and O–H groups in total. The molecule has 0 aromatic carbocycles. The van der Waals surface area contributed by atoms with Crippen molar-refractivity contribution in [3.05, 3.63) is 0 Å². The Balaban J connectivity index is 1.68. The quantitative estimate of drug-likeness (QED) is 0.815. The van der Waals surface area contributed by atoms with Gasteiger partial charge >= 0.3 is 0 Å². The maximum Gasteiger partial charge on any atom is 0.0154 e. The van der Waals surface area contributed by atoms with Crippen LogP contribution in [-0.4, -0.2) is 30.1 Å². The molecule has 2 nitrogen and oxygen atoms in total. The highest BCUT2D eigenvalue weighted by Crippen LogP contribution is 2.32. The summed E-state index contributed by atoms with van der Waals surface area (Å²) in [6.45, 7) is 6.14. The molecule has 1 saturated heterocycles. The fourth-order valence-electron chi connectivity index (χ4n) is 3.59. The Kier molecular flexibility index (Phi) is 4.87. The molecule has 0 aromatic rings. The van der Waals surface area contributed by atoms with Crippen LogP contribution in [0.15, 0.2) is 0 Å². The van der Waals surface area contributed by atoms with E-state index in [0.717, 1.165) is 5.92 Å². The molecule has 0 atom stereocenters. The monoisotopic (exact) mass is 238 g/mol. The second-order valence-corrected chi connectivity index (χ2v) is 6.34. The van der Waals surface area contributed by atoms with Crippen LogP contribution in [0.3, 0.4) is 0 Å². The summed E-state index contributed by atoms with van der Waals surface area (Å²) >= 11 is 0. The zero-order valence-corrected chi connectivity index (χ0v) is 11.6. The third-order valence-corrected chi connectivity index (χ3v) is 5.05. The number of hydrogen-bond donors (Lipinski definition) is 1. The molecule has 100 valence electrons. The van der Waals surface area contributed by atoms with Crippen molar-refractivity contribution in [3.63, 3.8) is 0 Å². The summed E-state index contributed by atoms with van der Waals surface area (Å²) in [5, 5.41) is 0. The van der Waals surface area contributed by atoms with Crippen LogP contribution < -0.4 is 5.73 Å². The molecule has 0 unspecified atom stereocenters. The summed E-state index contributed by atoms with van der Waals surface area (Å²) in [5.41, 5.74) is 6.73. The molecule has 1 heterocycles. The fourth-order valence-corrected chi connectivity index (χ4v) is 3.59. The second kappa shape index (κ2) is 6.19. The predicted octanol–water partition coefficient (Wildman–Crippen LogP) is 3.16. The highest BCUT2D eigenvalue weighted by Gasteiger charge is 2.28. The minimum atomic E-state index is 0.208. The number of rotatable bonds is 4. The first-order valence-electron chi connectivity index (χ1n) is 7.73. The van der Waals surface area contributed by atoms with Crippen molar-refractivity contribution in [2.45, 2.75) is 70.3 Å². The predicted molar refractivity (Wildman–Crippen MR) is 74.1 cm³/mol. The lowest BCUT2D eigenvalue weighted by Crippen LogP contribution is -2.42. The third-order valence-electron chi connectivity index (χ3n) is 5.05. The van der Waals surface area contributed by atoms with E-state index in [-0.39, 0.29) is 5.54 Å². The SMILES string of the molecule is CCN1CCC(CCC2(N)CCCCC2)CC1. The zero-order chi connectivity index (χ0) is 12.1. The van der Waals surface area contributed by atoms with Gasteiger partial charge in [-0.05, 0) is 64.1 Å². The molecule has 0 spiro atoms. The average molecular weight is 238 g/mol. The van der Waals surface area contributed by atoms with E-state index < -0.39 is 0 Å². The van der Waals surface area contributed by atoms with E-state index in [1.165, 1.54) is 77.4 Å². The van der Waals surface area contributed by atoms with Gasteiger partial charge in [0.05, 0.1) is 0 Å². The molecule has 0 aromatic heterocycles. The van der Waals surface area contributed by atoms with Gasteiger partial charge in [-0.1, -0.05) is 26.2 Å². The first-order chi connectivity index (χ1) is 8.22. The number of hydrogen-bond acceptors (Lipinski definition) is 2. The molecule has 1 aliphatic carbocycles. The van der Waals surface area contributed by atoms with Crippen molar-refractivity contribution in [1.29, 1.82) is 0 Å². The van der Waals surface area contributed by atoms with E-state index in [0.29, 0.717) is 0 Å². The molecule has 17 heavy (non-hydrogen) atoms. The van der Waals surface area contributed by atoms with Gasteiger partial charge in [-0.25, -0.2) is 0 Å². The van der Waals surface area contributed by atoms with Gasteiger partial charge in [-0.15, -0.1) is 0 Å². The summed E-state index contributed by atoms with van der Waals surface area (Å²) in [5.74, 6) is 0.958. The molecule has 2 heteroatoms. The van der Waals surface area contributed by atoms with Gasteiger partial charge in [0.25, 0.3) is 0 Å². The highest BCUT2D eigenvalue weighted by molar-refractivity contribution is 4.88. The fraction of sp³-hybridized carbons (Fsp3) is 1.00. The van der Waals surface area contributed by atoms with Crippen LogP contribution in [0.1, 0.15) is 64.7 Å². The minimum absolute atomic E-state index is 0.208. The smallest absolute Gasteiger partial charge is 0.0154 e. The Morgan fingerprint density at radius 3 is 2.35 bits per heavy atom. The maximum absolute atomic E-state index is 6.52. The normalized spacial score (nSPS) is 27.2. The first kappa shape index (κ1) is 13.4. The van der Waals surface area contributed by atoms with Crippen molar-refractivity contribution in [3.8, 4) is 0 Å². The van der Waals surface area contributed by atoms with Crippen LogP contribution >= 0.6 is 0 Å². The Morgan fingerprint density at radius 1 is 1.12 bits per heavy atom. The van der Waals surface area contributed by atoms with Gasteiger partial charge in [0, 0.05) is 5.54 Å². The molecule has 0 bridgehead atoms. The van der Waals surface area contributed by atoms with Gasteiger partial charge in [-0.3, -0.25) is 0 Å². The first-order valence-corrected chi connectivity index (χ1v) is 7.73. The lowest BCUT2D eigenvalue weighted by Gasteiger charge is -2.36. The van der Waals surface area contributed by atoms with Gasteiger partial charge in [0.15, 0.2) is 0 Å². The number of likely N-dealkylation sites (tertiary alicyclic amines) is 1. The lowest BCUT2D eigenvalue weighted by atomic mass is 9.77. The van der Waals surface area contributed by atoms with Crippen LogP contribution in [0.4, 0.5) is 0 Å². The average Bonchev–Trinajstić information content (AvgIpc) is 2.38. The van der Waals surface area contributed by atoms with Crippen LogP contribution in [0, 0.1) is 5.92 Å².